The highest BCUT2D eigenvalue weighted by atomic mass is 16.6. The monoisotopic (exact) mass is 350 g/mol. The molecule has 0 amide bonds. The first-order valence-electron chi connectivity index (χ1n) is 9.68. The van der Waals surface area contributed by atoms with Crippen molar-refractivity contribution in [1.82, 2.24) is 0 Å². The molecule has 0 unspecified atom stereocenters. The van der Waals surface area contributed by atoms with E-state index in [-0.39, 0.29) is 24.1 Å². The van der Waals surface area contributed by atoms with Crippen LogP contribution in [0.1, 0.15) is 36.8 Å². The zero-order valence-electron chi connectivity index (χ0n) is 15.1. The van der Waals surface area contributed by atoms with Crippen molar-refractivity contribution in [2.24, 2.45) is 11.8 Å². The van der Waals surface area contributed by atoms with Crippen molar-refractivity contribution in [2.75, 3.05) is 0 Å². The third kappa shape index (κ3) is 4.53. The normalized spacial score (nSPS) is 23.6. The molecule has 1 saturated carbocycles. The van der Waals surface area contributed by atoms with Crippen LogP contribution in [-0.2, 0) is 27.3 Å². The van der Waals surface area contributed by atoms with Crippen molar-refractivity contribution in [2.45, 2.75) is 50.9 Å². The van der Waals surface area contributed by atoms with Crippen LogP contribution in [0.25, 0.3) is 0 Å². The zero-order valence-corrected chi connectivity index (χ0v) is 15.1. The van der Waals surface area contributed by atoms with Crippen LogP contribution in [0.4, 0.5) is 0 Å². The molecular weight excluding hydrogens is 324 g/mol. The second-order valence-corrected chi connectivity index (χ2v) is 7.61. The fourth-order valence-electron chi connectivity index (χ4n) is 3.77. The lowest BCUT2D eigenvalue weighted by Gasteiger charge is -2.23. The van der Waals surface area contributed by atoms with Crippen LogP contribution >= 0.6 is 0 Å². The lowest BCUT2D eigenvalue weighted by molar-refractivity contribution is -0.150. The summed E-state index contributed by atoms with van der Waals surface area (Å²) < 4.78 is 12.0. The number of rotatable bonds is 8. The molecule has 3 atom stereocenters. The summed E-state index contributed by atoms with van der Waals surface area (Å²) in [6.45, 7) is 0.541. The molecule has 0 radical (unpaired) electrons. The van der Waals surface area contributed by atoms with Gasteiger partial charge in [0.25, 0.3) is 0 Å². The predicted octanol–water partition coefficient (Wildman–Crippen LogP) is 4.55. The van der Waals surface area contributed by atoms with Crippen LogP contribution in [0, 0.1) is 11.8 Å². The smallest absolute Gasteiger partial charge is 0.309 e. The quantitative estimate of drug-likeness (QED) is 0.655. The summed E-state index contributed by atoms with van der Waals surface area (Å²) in [5.41, 5.74) is 2.36. The number of hydrogen-bond acceptors (Lipinski definition) is 3. The van der Waals surface area contributed by atoms with Crippen molar-refractivity contribution >= 4 is 5.97 Å². The molecule has 26 heavy (non-hydrogen) atoms. The van der Waals surface area contributed by atoms with Gasteiger partial charge in [0.05, 0.1) is 18.6 Å². The van der Waals surface area contributed by atoms with Gasteiger partial charge in [-0.05, 0) is 23.5 Å². The molecule has 3 nitrogen and oxygen atoms in total. The molecule has 4 rings (SSSR count). The SMILES string of the molecule is O=C1O[C@H]([C@H](Cc2ccccc2)OCc2ccccc2)C[C@H]1CC1CC1. The maximum absolute atomic E-state index is 12.3. The summed E-state index contributed by atoms with van der Waals surface area (Å²) in [6, 6.07) is 20.5. The van der Waals surface area contributed by atoms with Gasteiger partial charge in [-0.1, -0.05) is 73.5 Å². The summed E-state index contributed by atoms with van der Waals surface area (Å²) in [6.07, 6.45) is 4.84. The third-order valence-corrected chi connectivity index (χ3v) is 5.43. The molecule has 2 fully saturated rings. The van der Waals surface area contributed by atoms with Crippen molar-refractivity contribution in [1.29, 1.82) is 0 Å². The summed E-state index contributed by atoms with van der Waals surface area (Å²) in [5.74, 6) is 0.776. The van der Waals surface area contributed by atoms with E-state index >= 15 is 0 Å². The number of esters is 1. The summed E-state index contributed by atoms with van der Waals surface area (Å²) in [4.78, 5) is 12.3. The van der Waals surface area contributed by atoms with Crippen LogP contribution < -0.4 is 0 Å². The molecule has 0 N–H and O–H groups in total. The Morgan fingerprint density at radius 1 is 0.962 bits per heavy atom. The van der Waals surface area contributed by atoms with E-state index in [1.807, 2.05) is 36.4 Å². The number of carbonyl (C=O) groups is 1. The topological polar surface area (TPSA) is 35.5 Å². The van der Waals surface area contributed by atoms with Crippen molar-refractivity contribution in [3.05, 3.63) is 71.8 Å². The van der Waals surface area contributed by atoms with E-state index in [9.17, 15) is 4.79 Å². The average molecular weight is 350 g/mol. The molecule has 1 heterocycles. The predicted molar refractivity (Wildman–Crippen MR) is 100 cm³/mol. The van der Waals surface area contributed by atoms with Gasteiger partial charge < -0.3 is 9.47 Å². The molecule has 1 aliphatic carbocycles. The number of cyclic esters (lactones) is 1. The van der Waals surface area contributed by atoms with Crippen LogP contribution in [0.3, 0.4) is 0 Å². The Labute approximate surface area is 155 Å². The largest absolute Gasteiger partial charge is 0.459 e. The van der Waals surface area contributed by atoms with Crippen molar-refractivity contribution < 1.29 is 14.3 Å². The molecule has 136 valence electrons. The molecule has 2 aliphatic rings. The molecule has 2 aromatic rings. The number of carbonyl (C=O) groups excluding carboxylic acids is 1. The standard InChI is InChI=1S/C23H26O3/c24-23-20(13-18-11-12-18)15-22(26-23)21(14-17-7-3-1-4-8-17)25-16-19-9-5-2-6-10-19/h1-10,18,20-22H,11-16H2/t20-,21+,22+/m1/s1. The number of hydrogen-bond donors (Lipinski definition) is 0. The Bertz CT molecular complexity index is 709. The molecule has 3 heteroatoms. The van der Waals surface area contributed by atoms with Gasteiger partial charge in [-0.3, -0.25) is 4.79 Å². The highest BCUT2D eigenvalue weighted by molar-refractivity contribution is 5.74. The van der Waals surface area contributed by atoms with Crippen LogP contribution in [0.15, 0.2) is 60.7 Å². The number of ether oxygens (including phenoxy) is 2. The molecule has 0 spiro atoms. The van der Waals surface area contributed by atoms with Gasteiger partial charge in [0.15, 0.2) is 0 Å². The van der Waals surface area contributed by atoms with E-state index in [0.717, 1.165) is 30.7 Å². The third-order valence-electron chi connectivity index (χ3n) is 5.43. The fraction of sp³-hybridized carbons (Fsp3) is 0.435. The van der Waals surface area contributed by atoms with Crippen molar-refractivity contribution in [3.8, 4) is 0 Å². The Kier molecular flexibility index (Phi) is 5.35. The summed E-state index contributed by atoms with van der Waals surface area (Å²) in [7, 11) is 0. The molecular formula is C23H26O3. The molecule has 0 bridgehead atoms. The average Bonchev–Trinajstić information content (AvgIpc) is 3.42. The molecule has 0 aromatic heterocycles. The van der Waals surface area contributed by atoms with Gasteiger partial charge in [0, 0.05) is 12.8 Å². The lowest BCUT2D eigenvalue weighted by Crippen LogP contribution is -2.31. The van der Waals surface area contributed by atoms with E-state index in [0.29, 0.717) is 6.61 Å². The Morgan fingerprint density at radius 2 is 1.62 bits per heavy atom. The first-order valence-corrected chi connectivity index (χ1v) is 9.68. The van der Waals surface area contributed by atoms with E-state index in [1.54, 1.807) is 0 Å². The number of benzene rings is 2. The van der Waals surface area contributed by atoms with Crippen LogP contribution in [0.5, 0.6) is 0 Å². The first-order chi connectivity index (χ1) is 12.8. The summed E-state index contributed by atoms with van der Waals surface area (Å²) in [5, 5.41) is 0. The van der Waals surface area contributed by atoms with Gasteiger partial charge in [0.2, 0.25) is 0 Å². The zero-order chi connectivity index (χ0) is 17.8. The van der Waals surface area contributed by atoms with Crippen LogP contribution in [0.2, 0.25) is 0 Å². The second kappa shape index (κ2) is 8.05. The minimum absolute atomic E-state index is 0.0247. The van der Waals surface area contributed by atoms with Gasteiger partial charge in [0.1, 0.15) is 6.10 Å². The minimum atomic E-state index is -0.143. The Hall–Kier alpha value is -2.13. The van der Waals surface area contributed by atoms with E-state index in [4.69, 9.17) is 9.47 Å². The lowest BCUT2D eigenvalue weighted by atomic mass is 9.94. The van der Waals surface area contributed by atoms with Gasteiger partial charge in [-0.15, -0.1) is 0 Å². The highest BCUT2D eigenvalue weighted by Gasteiger charge is 2.41. The highest BCUT2D eigenvalue weighted by Crippen LogP contribution is 2.40. The van der Waals surface area contributed by atoms with E-state index in [1.165, 1.54) is 18.4 Å². The Morgan fingerprint density at radius 3 is 2.27 bits per heavy atom. The fourth-order valence-corrected chi connectivity index (χ4v) is 3.77. The first kappa shape index (κ1) is 17.3. The molecule has 1 saturated heterocycles. The van der Waals surface area contributed by atoms with E-state index in [2.05, 4.69) is 24.3 Å². The van der Waals surface area contributed by atoms with E-state index < -0.39 is 0 Å². The maximum atomic E-state index is 12.3. The van der Waals surface area contributed by atoms with Gasteiger partial charge in [-0.2, -0.15) is 0 Å². The minimum Gasteiger partial charge on any atom is -0.459 e. The van der Waals surface area contributed by atoms with Crippen molar-refractivity contribution in [3.63, 3.8) is 0 Å². The maximum Gasteiger partial charge on any atom is 0.309 e. The van der Waals surface area contributed by atoms with Crippen LogP contribution in [-0.4, -0.2) is 18.2 Å². The molecule has 1 aliphatic heterocycles. The van der Waals surface area contributed by atoms with Gasteiger partial charge in [-0.25, -0.2) is 0 Å². The second-order valence-electron chi connectivity index (χ2n) is 7.61. The van der Waals surface area contributed by atoms with Gasteiger partial charge >= 0.3 is 5.97 Å². The Balaban J connectivity index is 1.43. The molecule has 2 aromatic carbocycles. The summed E-state index contributed by atoms with van der Waals surface area (Å²) >= 11 is 0.